The van der Waals surface area contributed by atoms with Gasteiger partial charge in [0.05, 0.1) is 0 Å². The summed E-state index contributed by atoms with van der Waals surface area (Å²) in [5.74, 6) is 0. The van der Waals surface area contributed by atoms with Crippen molar-refractivity contribution in [3.05, 3.63) is 71.8 Å². The maximum absolute atomic E-state index is 13.7. The van der Waals surface area contributed by atoms with E-state index in [0.29, 0.717) is 0 Å². The molecule has 0 N–H and O–H groups in total. The fourth-order valence-electron chi connectivity index (χ4n) is 2.36. The van der Waals surface area contributed by atoms with E-state index >= 15 is 0 Å². The molecule has 0 saturated heterocycles. The van der Waals surface area contributed by atoms with Gasteiger partial charge in [-0.1, -0.05) is 60.7 Å². The molecule has 0 radical (unpaired) electrons. The molecule has 1 rings (SSSR count). The highest BCUT2D eigenvalue weighted by atomic mass is 19.4. The van der Waals surface area contributed by atoms with Gasteiger partial charge in [-0.05, 0) is 25.0 Å². The van der Waals surface area contributed by atoms with E-state index in [1.54, 1.807) is 0 Å². The van der Waals surface area contributed by atoms with E-state index in [1.165, 1.54) is 26.0 Å². The maximum Gasteiger partial charge on any atom is 0.411 e. The van der Waals surface area contributed by atoms with Crippen LogP contribution in [0.2, 0.25) is 0 Å². The van der Waals surface area contributed by atoms with Gasteiger partial charge in [-0.25, -0.2) is 0 Å². The molecule has 23 heavy (non-hydrogen) atoms. The Morgan fingerprint density at radius 1 is 0.826 bits per heavy atom. The molecule has 0 aliphatic rings. The summed E-state index contributed by atoms with van der Waals surface area (Å²) in [6, 6.07) is 5.36. The molecule has 0 fully saturated rings. The highest BCUT2D eigenvalue weighted by Gasteiger charge is 2.72. The fourth-order valence-corrected chi connectivity index (χ4v) is 2.36. The van der Waals surface area contributed by atoms with Crippen LogP contribution in [0, 0.1) is 0 Å². The number of allylic oxidation sites excluding steroid dienone is 6. The summed E-state index contributed by atoms with van der Waals surface area (Å²) in [6.07, 6.45) is -5.75. The van der Waals surface area contributed by atoms with Gasteiger partial charge in [0.1, 0.15) is 0 Å². The summed E-state index contributed by atoms with van der Waals surface area (Å²) in [7, 11) is 0. The van der Waals surface area contributed by atoms with Gasteiger partial charge in [0.15, 0.2) is 0 Å². The van der Waals surface area contributed by atoms with E-state index in [4.69, 9.17) is 0 Å². The Labute approximate surface area is 130 Å². The Kier molecular flexibility index (Phi) is 5.86. The lowest BCUT2D eigenvalue weighted by Gasteiger charge is -2.39. The molecule has 0 aromatic heterocycles. The van der Waals surface area contributed by atoms with Crippen molar-refractivity contribution in [2.24, 2.45) is 0 Å². The van der Waals surface area contributed by atoms with Crippen LogP contribution in [-0.2, 0) is 5.41 Å². The van der Waals surface area contributed by atoms with E-state index in [9.17, 15) is 26.3 Å². The van der Waals surface area contributed by atoms with E-state index in [1.807, 2.05) is 0 Å². The van der Waals surface area contributed by atoms with Crippen LogP contribution < -0.4 is 0 Å². The molecule has 0 atom stereocenters. The lowest BCUT2D eigenvalue weighted by atomic mass is 9.72. The van der Waals surface area contributed by atoms with Gasteiger partial charge in [0.25, 0.3) is 0 Å². The molecule has 0 amide bonds. The highest BCUT2D eigenvalue weighted by molar-refractivity contribution is 5.47. The molecule has 0 unspecified atom stereocenters. The summed E-state index contributed by atoms with van der Waals surface area (Å²) in [5.41, 5.74) is -5.84. The van der Waals surface area contributed by atoms with Crippen LogP contribution in [-0.4, -0.2) is 12.4 Å². The summed E-state index contributed by atoms with van der Waals surface area (Å²) >= 11 is 0. The molecule has 6 heteroatoms. The second-order valence-corrected chi connectivity index (χ2v) is 4.76. The topological polar surface area (TPSA) is 0 Å². The number of rotatable bonds is 4. The molecule has 0 heterocycles. The summed E-state index contributed by atoms with van der Waals surface area (Å²) < 4.78 is 82.4. The van der Waals surface area contributed by atoms with Crippen LogP contribution in [0.4, 0.5) is 26.3 Å². The minimum atomic E-state index is -5.56. The van der Waals surface area contributed by atoms with Crippen molar-refractivity contribution in [2.75, 3.05) is 0 Å². The summed E-state index contributed by atoms with van der Waals surface area (Å²) in [6.45, 7) is 2.88. The van der Waals surface area contributed by atoms with Gasteiger partial charge < -0.3 is 0 Å². The lowest BCUT2D eigenvalue weighted by molar-refractivity contribution is -0.288. The third kappa shape index (κ3) is 3.51. The molecule has 1 aromatic rings. The highest BCUT2D eigenvalue weighted by Crippen LogP contribution is 2.56. The molecule has 0 bridgehead atoms. The molecule has 0 saturated carbocycles. The third-order valence-corrected chi connectivity index (χ3v) is 3.30. The number of alkyl halides is 6. The van der Waals surface area contributed by atoms with Crippen LogP contribution in [0.25, 0.3) is 0 Å². The van der Waals surface area contributed by atoms with Gasteiger partial charge in [-0.2, -0.15) is 26.3 Å². The van der Waals surface area contributed by atoms with Crippen molar-refractivity contribution in [1.29, 1.82) is 0 Å². The summed E-state index contributed by atoms with van der Waals surface area (Å²) in [5, 5.41) is 0. The minimum Gasteiger partial charge on any atom is -0.169 e. The van der Waals surface area contributed by atoms with Crippen molar-refractivity contribution in [3.8, 4) is 0 Å². The zero-order valence-electron chi connectivity index (χ0n) is 12.5. The van der Waals surface area contributed by atoms with Gasteiger partial charge >= 0.3 is 12.4 Å². The van der Waals surface area contributed by atoms with Crippen molar-refractivity contribution < 1.29 is 26.3 Å². The second kappa shape index (κ2) is 7.06. The van der Waals surface area contributed by atoms with Crippen molar-refractivity contribution in [3.63, 3.8) is 0 Å². The average Bonchev–Trinajstić information content (AvgIpc) is 2.43. The van der Waals surface area contributed by atoms with Gasteiger partial charge in [-0.3, -0.25) is 0 Å². The molecule has 0 aliphatic carbocycles. The number of halogens is 6. The smallest absolute Gasteiger partial charge is 0.169 e. The Bertz CT molecular complexity index is 574. The molecule has 126 valence electrons. The first-order valence-electron chi connectivity index (χ1n) is 6.78. The van der Waals surface area contributed by atoms with Crippen molar-refractivity contribution >= 4 is 0 Å². The largest absolute Gasteiger partial charge is 0.411 e. The third-order valence-electron chi connectivity index (χ3n) is 3.30. The van der Waals surface area contributed by atoms with Crippen LogP contribution >= 0.6 is 0 Å². The number of benzene rings is 1. The lowest BCUT2D eigenvalue weighted by Crippen LogP contribution is -2.55. The molecular weight excluding hydrogens is 318 g/mol. The molecular formula is C17H16F6. The first-order valence-corrected chi connectivity index (χ1v) is 6.78. The summed E-state index contributed by atoms with van der Waals surface area (Å²) in [4.78, 5) is 0. The predicted octanol–water partition coefficient (Wildman–Crippen LogP) is 6.13. The van der Waals surface area contributed by atoms with Crippen LogP contribution in [0.5, 0.6) is 0 Å². The van der Waals surface area contributed by atoms with Gasteiger partial charge in [0, 0.05) is 0 Å². The van der Waals surface area contributed by atoms with Crippen LogP contribution in [0.1, 0.15) is 19.4 Å². The Morgan fingerprint density at radius 2 is 1.35 bits per heavy atom. The van der Waals surface area contributed by atoms with E-state index in [0.717, 1.165) is 48.6 Å². The van der Waals surface area contributed by atoms with Crippen LogP contribution in [0.3, 0.4) is 0 Å². The van der Waals surface area contributed by atoms with Crippen molar-refractivity contribution in [2.45, 2.75) is 31.6 Å². The van der Waals surface area contributed by atoms with Crippen molar-refractivity contribution in [1.82, 2.24) is 0 Å². The SMILES string of the molecule is C\C=C/C=C(\C=C/C)C(c1ccccc1)(C(F)(F)F)C(F)(F)F. The Hall–Kier alpha value is -1.98. The van der Waals surface area contributed by atoms with E-state index in [2.05, 4.69) is 0 Å². The van der Waals surface area contributed by atoms with Gasteiger partial charge in [0.2, 0.25) is 5.41 Å². The zero-order chi connectivity index (χ0) is 17.7. The Balaban J connectivity index is 3.92. The molecule has 0 aliphatic heterocycles. The quantitative estimate of drug-likeness (QED) is 0.459. The predicted molar refractivity (Wildman–Crippen MR) is 77.9 cm³/mol. The molecule has 0 nitrogen and oxygen atoms in total. The fraction of sp³-hybridized carbons (Fsp3) is 0.294. The van der Waals surface area contributed by atoms with E-state index in [-0.39, 0.29) is 0 Å². The normalized spacial score (nSPS) is 14.9. The maximum atomic E-state index is 13.7. The molecule has 1 aromatic carbocycles. The number of hydrogen-bond acceptors (Lipinski definition) is 0. The minimum absolute atomic E-state index is 0.841. The first-order chi connectivity index (χ1) is 10.6. The first kappa shape index (κ1) is 19.1. The van der Waals surface area contributed by atoms with E-state index < -0.39 is 28.9 Å². The van der Waals surface area contributed by atoms with Crippen LogP contribution in [0.15, 0.2) is 66.3 Å². The Morgan fingerprint density at radius 3 is 1.74 bits per heavy atom. The standard InChI is InChI=1S/C17H16F6/c1-3-5-10-13(9-4-2)15(16(18,19)20,17(21,22)23)14-11-7-6-8-12-14/h3-12H,1-2H3/b5-3-,9-4-,13-10+. The zero-order valence-corrected chi connectivity index (χ0v) is 12.5. The van der Waals surface area contributed by atoms with Gasteiger partial charge in [-0.15, -0.1) is 0 Å². The second-order valence-electron chi connectivity index (χ2n) is 4.76. The average molecular weight is 334 g/mol. The molecule has 0 spiro atoms. The number of hydrogen-bond donors (Lipinski definition) is 0. The monoisotopic (exact) mass is 334 g/mol.